The van der Waals surface area contributed by atoms with E-state index in [4.69, 9.17) is 23.2 Å². The van der Waals surface area contributed by atoms with E-state index in [1.165, 1.54) is 18.3 Å². The third-order valence-electron chi connectivity index (χ3n) is 6.17. The van der Waals surface area contributed by atoms with Gasteiger partial charge >= 0.3 is 0 Å². The van der Waals surface area contributed by atoms with Crippen molar-refractivity contribution >= 4 is 58.2 Å². The predicted molar refractivity (Wildman–Crippen MR) is 157 cm³/mol. The third kappa shape index (κ3) is 6.19. The number of aromatic hydroxyl groups is 3. The summed E-state index contributed by atoms with van der Waals surface area (Å²) in [5.74, 6) is 0.459. The lowest BCUT2D eigenvalue weighted by molar-refractivity contribution is 0.403. The molecule has 0 radical (unpaired) electrons. The van der Waals surface area contributed by atoms with Crippen LogP contribution in [0.15, 0.2) is 71.9 Å². The number of nitrogens with zero attached hydrogens (tertiary/aromatic N) is 5. The van der Waals surface area contributed by atoms with E-state index in [0.29, 0.717) is 40.2 Å². The van der Waals surface area contributed by atoms with Crippen molar-refractivity contribution in [1.82, 2.24) is 19.5 Å². The number of benzene rings is 3. The predicted octanol–water partition coefficient (Wildman–Crippen LogP) is 6.29. The number of hydrogen-bond donors (Lipinski definition) is 5. The Balaban J connectivity index is 1.39. The number of rotatable bonds is 9. The summed E-state index contributed by atoms with van der Waals surface area (Å²) in [4.78, 5) is 17.7. The van der Waals surface area contributed by atoms with Gasteiger partial charge in [0, 0.05) is 42.0 Å². The van der Waals surface area contributed by atoms with Crippen LogP contribution in [-0.2, 0) is 6.54 Å². The molecule has 0 aliphatic carbocycles. The SMILES string of the molecule is CC(Nc1nc(N=Cc2c(Cl)cccc2Cl)nc(NCCn2ccc3cc(O)ccc32)n1)c1ccc(O)c(O)c1. The molecule has 0 aliphatic rings. The van der Waals surface area contributed by atoms with Crippen LogP contribution in [0.3, 0.4) is 0 Å². The summed E-state index contributed by atoms with van der Waals surface area (Å²) < 4.78 is 2.06. The molecule has 5 N–H and O–H groups in total. The maximum atomic E-state index is 9.90. The summed E-state index contributed by atoms with van der Waals surface area (Å²) >= 11 is 12.6. The van der Waals surface area contributed by atoms with E-state index in [9.17, 15) is 15.3 Å². The van der Waals surface area contributed by atoms with E-state index in [2.05, 4.69) is 35.1 Å². The van der Waals surface area contributed by atoms with Gasteiger partial charge in [-0.05, 0) is 61.0 Å². The van der Waals surface area contributed by atoms with Crippen LogP contribution >= 0.6 is 23.2 Å². The molecule has 12 heteroatoms. The van der Waals surface area contributed by atoms with Crippen molar-refractivity contribution in [1.29, 1.82) is 0 Å². The molecule has 2 aromatic heterocycles. The number of nitrogens with one attached hydrogen (secondary N) is 2. The van der Waals surface area contributed by atoms with Crippen LogP contribution in [0.2, 0.25) is 10.0 Å². The lowest BCUT2D eigenvalue weighted by atomic mass is 10.1. The van der Waals surface area contributed by atoms with Gasteiger partial charge in [0.2, 0.25) is 11.9 Å². The van der Waals surface area contributed by atoms with Crippen LogP contribution in [0.25, 0.3) is 10.9 Å². The first-order chi connectivity index (χ1) is 19.3. The Bertz CT molecular complexity index is 1690. The second-order valence-electron chi connectivity index (χ2n) is 8.97. The van der Waals surface area contributed by atoms with Gasteiger partial charge < -0.3 is 30.5 Å². The van der Waals surface area contributed by atoms with Gasteiger partial charge in [-0.15, -0.1) is 0 Å². The fraction of sp³-hybridized carbons (Fsp3) is 0.143. The minimum atomic E-state index is -0.320. The molecule has 1 atom stereocenters. The van der Waals surface area contributed by atoms with Crippen molar-refractivity contribution in [3.05, 3.63) is 88.0 Å². The monoisotopic (exact) mass is 577 g/mol. The molecular formula is C28H25Cl2N7O3. The smallest absolute Gasteiger partial charge is 0.255 e. The van der Waals surface area contributed by atoms with Crippen LogP contribution < -0.4 is 10.6 Å². The molecule has 40 heavy (non-hydrogen) atoms. The van der Waals surface area contributed by atoms with Gasteiger partial charge in [0.05, 0.1) is 16.1 Å². The maximum absolute atomic E-state index is 9.90. The molecule has 0 aliphatic heterocycles. The molecular weight excluding hydrogens is 553 g/mol. The van der Waals surface area contributed by atoms with Gasteiger partial charge in [-0.1, -0.05) is 35.3 Å². The number of aliphatic imine (C=N–C) groups is 1. The quantitative estimate of drug-likeness (QED) is 0.102. The molecule has 5 rings (SSSR count). The molecule has 5 aromatic rings. The fourth-order valence-corrected chi connectivity index (χ4v) is 4.57. The first-order valence-electron chi connectivity index (χ1n) is 12.3. The van der Waals surface area contributed by atoms with Crippen LogP contribution in [0.4, 0.5) is 17.8 Å². The van der Waals surface area contributed by atoms with Crippen molar-refractivity contribution in [3.8, 4) is 17.2 Å². The highest BCUT2D eigenvalue weighted by atomic mass is 35.5. The van der Waals surface area contributed by atoms with E-state index >= 15 is 0 Å². The molecule has 2 heterocycles. The van der Waals surface area contributed by atoms with E-state index in [1.807, 2.05) is 25.3 Å². The highest BCUT2D eigenvalue weighted by molar-refractivity contribution is 6.38. The van der Waals surface area contributed by atoms with Gasteiger partial charge in [-0.3, -0.25) is 0 Å². The number of hydrogen-bond acceptors (Lipinski definition) is 9. The average molecular weight is 578 g/mol. The highest BCUT2D eigenvalue weighted by Crippen LogP contribution is 2.29. The fourth-order valence-electron chi connectivity index (χ4n) is 4.08. The van der Waals surface area contributed by atoms with E-state index < -0.39 is 0 Å². The van der Waals surface area contributed by atoms with Gasteiger partial charge in [0.15, 0.2) is 11.5 Å². The number of anilines is 2. The van der Waals surface area contributed by atoms with E-state index in [-0.39, 0.29) is 35.2 Å². The normalized spacial score (nSPS) is 12.2. The molecule has 0 fully saturated rings. The highest BCUT2D eigenvalue weighted by Gasteiger charge is 2.13. The standard InChI is InChI=1S/C28H25Cl2N7O3/c1-16(17-5-8-24(39)25(40)14-17)33-28-35-26(31-10-12-37-11-9-18-13-19(38)6-7-23(18)37)34-27(36-28)32-15-20-21(29)3-2-4-22(20)30/h2-9,11,13-16,38-40H,10,12H2,1H3,(H2,31,33,34,35,36). The molecule has 0 bridgehead atoms. The zero-order chi connectivity index (χ0) is 28.2. The summed E-state index contributed by atoms with van der Waals surface area (Å²) in [5.41, 5.74) is 2.24. The summed E-state index contributed by atoms with van der Waals surface area (Å²) in [5, 5.41) is 37.5. The lowest BCUT2D eigenvalue weighted by Crippen LogP contribution is -2.14. The molecule has 0 saturated carbocycles. The van der Waals surface area contributed by atoms with Gasteiger partial charge in [-0.2, -0.15) is 15.0 Å². The Hall–Kier alpha value is -4.54. The Morgan fingerprint density at radius 3 is 2.48 bits per heavy atom. The molecule has 10 nitrogen and oxygen atoms in total. The Labute approximate surface area is 239 Å². The minimum Gasteiger partial charge on any atom is -0.508 e. The van der Waals surface area contributed by atoms with Gasteiger partial charge in [0.25, 0.3) is 5.95 Å². The largest absolute Gasteiger partial charge is 0.508 e. The maximum Gasteiger partial charge on any atom is 0.255 e. The van der Waals surface area contributed by atoms with Crippen LogP contribution in [0.1, 0.15) is 24.1 Å². The lowest BCUT2D eigenvalue weighted by Gasteiger charge is -2.16. The average Bonchev–Trinajstić information content (AvgIpc) is 3.31. The van der Waals surface area contributed by atoms with Crippen molar-refractivity contribution in [2.24, 2.45) is 4.99 Å². The second-order valence-corrected chi connectivity index (χ2v) is 9.78. The number of phenolic OH excluding ortho intramolecular Hbond substituents is 3. The number of aromatic nitrogens is 4. The minimum absolute atomic E-state index is 0.124. The van der Waals surface area contributed by atoms with E-state index in [0.717, 1.165) is 10.9 Å². The Morgan fingerprint density at radius 2 is 1.70 bits per heavy atom. The summed E-state index contributed by atoms with van der Waals surface area (Å²) in [6.07, 6.45) is 3.44. The van der Waals surface area contributed by atoms with E-state index in [1.54, 1.807) is 36.4 Å². The summed E-state index contributed by atoms with van der Waals surface area (Å²) in [6, 6.07) is 16.6. The Morgan fingerprint density at radius 1 is 0.925 bits per heavy atom. The van der Waals surface area contributed by atoms with Crippen molar-refractivity contribution in [2.45, 2.75) is 19.5 Å². The molecule has 0 saturated heterocycles. The molecule has 3 aromatic carbocycles. The third-order valence-corrected chi connectivity index (χ3v) is 6.83. The topological polar surface area (TPSA) is 141 Å². The van der Waals surface area contributed by atoms with Crippen molar-refractivity contribution in [2.75, 3.05) is 17.2 Å². The van der Waals surface area contributed by atoms with Crippen molar-refractivity contribution < 1.29 is 15.3 Å². The Kier molecular flexibility index (Phi) is 7.90. The van der Waals surface area contributed by atoms with Crippen LogP contribution in [0.5, 0.6) is 17.2 Å². The first kappa shape index (κ1) is 27.0. The molecule has 0 amide bonds. The van der Waals surface area contributed by atoms with Gasteiger partial charge in [-0.25, -0.2) is 4.99 Å². The molecule has 204 valence electrons. The molecule has 1 unspecified atom stereocenters. The number of phenols is 3. The zero-order valence-electron chi connectivity index (χ0n) is 21.3. The van der Waals surface area contributed by atoms with Crippen molar-refractivity contribution in [3.63, 3.8) is 0 Å². The number of fused-ring (bicyclic) bond motifs is 1. The van der Waals surface area contributed by atoms with Gasteiger partial charge in [0.1, 0.15) is 5.75 Å². The molecule has 0 spiro atoms. The first-order valence-corrected chi connectivity index (χ1v) is 13.1. The summed E-state index contributed by atoms with van der Waals surface area (Å²) in [7, 11) is 0. The summed E-state index contributed by atoms with van der Waals surface area (Å²) in [6.45, 7) is 2.97. The van der Waals surface area contributed by atoms with Crippen LogP contribution in [0, 0.1) is 0 Å². The zero-order valence-corrected chi connectivity index (χ0v) is 22.8. The number of halogens is 2. The second kappa shape index (κ2) is 11.7. The van der Waals surface area contributed by atoms with Crippen LogP contribution in [-0.4, -0.2) is 47.6 Å².